The molecular weight excluding hydrogens is 238 g/mol. The van der Waals surface area contributed by atoms with Crippen molar-refractivity contribution in [1.82, 2.24) is 4.98 Å². The number of nitrogens with zero attached hydrogens (tertiary/aromatic N) is 2. The molecule has 0 aliphatic carbocycles. The van der Waals surface area contributed by atoms with Crippen molar-refractivity contribution in [1.29, 1.82) is 0 Å². The van der Waals surface area contributed by atoms with Gasteiger partial charge in [-0.2, -0.15) is 0 Å². The molecule has 0 aromatic carbocycles. The van der Waals surface area contributed by atoms with Gasteiger partial charge in [-0.05, 0) is 26.2 Å². The van der Waals surface area contributed by atoms with Crippen molar-refractivity contribution in [2.75, 3.05) is 18.0 Å². The van der Waals surface area contributed by atoms with Gasteiger partial charge in [0.25, 0.3) is 0 Å². The lowest BCUT2D eigenvalue weighted by Gasteiger charge is -2.31. The van der Waals surface area contributed by atoms with Crippen LogP contribution < -0.4 is 15.4 Å². The Morgan fingerprint density at radius 3 is 2.84 bits per heavy atom. The van der Waals surface area contributed by atoms with Gasteiger partial charge in [0.2, 0.25) is 0 Å². The number of hydrogen-bond donors (Lipinski definition) is 1. The molecule has 2 heterocycles. The van der Waals surface area contributed by atoms with Gasteiger partial charge in [-0.25, -0.2) is 0 Å². The van der Waals surface area contributed by atoms with E-state index in [4.69, 9.17) is 10.5 Å². The fourth-order valence-corrected chi connectivity index (χ4v) is 2.50. The summed E-state index contributed by atoms with van der Waals surface area (Å²) in [6, 6.07) is 2.45. The van der Waals surface area contributed by atoms with E-state index >= 15 is 0 Å². The molecule has 1 aliphatic heterocycles. The highest BCUT2D eigenvalue weighted by molar-refractivity contribution is 5.48. The molecule has 19 heavy (non-hydrogen) atoms. The third-order valence-corrected chi connectivity index (χ3v) is 3.64. The summed E-state index contributed by atoms with van der Waals surface area (Å²) in [6.45, 7) is 6.30. The Kier molecular flexibility index (Phi) is 5.02. The van der Waals surface area contributed by atoms with E-state index < -0.39 is 0 Å². The van der Waals surface area contributed by atoms with Crippen molar-refractivity contribution in [3.05, 3.63) is 18.5 Å². The summed E-state index contributed by atoms with van der Waals surface area (Å²) in [7, 11) is 0. The maximum absolute atomic E-state index is 5.94. The van der Waals surface area contributed by atoms with Crippen LogP contribution in [0.25, 0.3) is 0 Å². The molecule has 1 aromatic heterocycles. The van der Waals surface area contributed by atoms with E-state index in [0.29, 0.717) is 6.04 Å². The summed E-state index contributed by atoms with van der Waals surface area (Å²) in [5.41, 5.74) is 7.08. The zero-order valence-electron chi connectivity index (χ0n) is 12.0. The van der Waals surface area contributed by atoms with Crippen molar-refractivity contribution in [2.45, 2.75) is 51.7 Å². The van der Waals surface area contributed by atoms with E-state index in [1.807, 2.05) is 6.20 Å². The first-order valence-electron chi connectivity index (χ1n) is 7.31. The maximum Gasteiger partial charge on any atom is 0.140 e. The maximum atomic E-state index is 5.94. The molecular formula is C15H25N3O. The Balaban J connectivity index is 1.98. The average Bonchev–Trinajstić information content (AvgIpc) is 2.40. The smallest absolute Gasteiger partial charge is 0.140 e. The third kappa shape index (κ3) is 4.10. The largest absolute Gasteiger partial charge is 0.489 e. The lowest BCUT2D eigenvalue weighted by Crippen LogP contribution is -2.39. The highest BCUT2D eigenvalue weighted by atomic mass is 16.5. The topological polar surface area (TPSA) is 51.4 Å². The molecule has 4 nitrogen and oxygen atoms in total. The molecule has 1 saturated heterocycles. The molecule has 0 amide bonds. The van der Waals surface area contributed by atoms with E-state index in [1.54, 1.807) is 6.20 Å². The minimum atomic E-state index is 0.247. The van der Waals surface area contributed by atoms with Crippen LogP contribution in [0, 0.1) is 0 Å². The predicted octanol–water partition coefficient (Wildman–Crippen LogP) is 2.58. The van der Waals surface area contributed by atoms with E-state index in [-0.39, 0.29) is 6.10 Å². The molecule has 0 bridgehead atoms. The molecule has 2 rings (SSSR count). The van der Waals surface area contributed by atoms with Crippen molar-refractivity contribution in [3.63, 3.8) is 0 Å². The normalized spacial score (nSPS) is 18.4. The van der Waals surface area contributed by atoms with Gasteiger partial charge in [0, 0.05) is 25.2 Å². The van der Waals surface area contributed by atoms with Crippen LogP contribution in [0.5, 0.6) is 5.75 Å². The van der Waals surface area contributed by atoms with Gasteiger partial charge in [0.15, 0.2) is 0 Å². The molecule has 106 valence electrons. The second-order valence-corrected chi connectivity index (χ2v) is 5.42. The van der Waals surface area contributed by atoms with Crippen molar-refractivity contribution in [2.24, 2.45) is 5.73 Å². The van der Waals surface area contributed by atoms with Crippen molar-refractivity contribution >= 4 is 5.69 Å². The molecule has 1 aromatic rings. The monoisotopic (exact) mass is 263 g/mol. The minimum Gasteiger partial charge on any atom is -0.489 e. The Hall–Kier alpha value is -1.29. The van der Waals surface area contributed by atoms with Gasteiger partial charge < -0.3 is 15.4 Å². The van der Waals surface area contributed by atoms with Gasteiger partial charge >= 0.3 is 0 Å². The van der Waals surface area contributed by atoms with Gasteiger partial charge in [-0.15, -0.1) is 0 Å². The summed E-state index contributed by atoms with van der Waals surface area (Å²) in [4.78, 5) is 6.64. The Bertz CT molecular complexity index is 389. The number of ether oxygens (including phenoxy) is 1. The zero-order chi connectivity index (χ0) is 13.7. The number of hydrogen-bond acceptors (Lipinski definition) is 4. The van der Waals surface area contributed by atoms with Crippen LogP contribution >= 0.6 is 0 Å². The second-order valence-electron chi connectivity index (χ2n) is 5.42. The van der Waals surface area contributed by atoms with Crippen LogP contribution in [0.3, 0.4) is 0 Å². The number of piperidine rings is 1. The van der Waals surface area contributed by atoms with Crippen LogP contribution in [0.15, 0.2) is 18.5 Å². The zero-order valence-corrected chi connectivity index (χ0v) is 12.0. The van der Waals surface area contributed by atoms with E-state index in [0.717, 1.165) is 50.2 Å². The number of pyridine rings is 1. The first-order valence-corrected chi connectivity index (χ1v) is 7.31. The Morgan fingerprint density at radius 2 is 2.16 bits per heavy atom. The molecule has 1 atom stereocenters. The van der Waals surface area contributed by atoms with Crippen LogP contribution in [0.2, 0.25) is 0 Å². The average molecular weight is 263 g/mol. The van der Waals surface area contributed by atoms with E-state index in [1.165, 1.54) is 0 Å². The van der Waals surface area contributed by atoms with E-state index in [9.17, 15) is 0 Å². The summed E-state index contributed by atoms with van der Waals surface area (Å²) < 4.78 is 5.89. The van der Waals surface area contributed by atoms with Crippen LogP contribution in [0.1, 0.15) is 39.5 Å². The number of nitrogens with two attached hydrogens (primary N) is 1. The fraction of sp³-hybridized carbons (Fsp3) is 0.667. The highest BCUT2D eigenvalue weighted by Crippen LogP contribution is 2.23. The van der Waals surface area contributed by atoms with Gasteiger partial charge in [0.1, 0.15) is 5.75 Å². The Labute approximate surface area is 116 Å². The Morgan fingerprint density at radius 1 is 1.42 bits per heavy atom. The highest BCUT2D eigenvalue weighted by Gasteiger charge is 2.17. The van der Waals surface area contributed by atoms with E-state index in [2.05, 4.69) is 29.8 Å². The fourth-order valence-electron chi connectivity index (χ4n) is 2.50. The van der Waals surface area contributed by atoms with Gasteiger partial charge in [0.05, 0.1) is 24.2 Å². The number of anilines is 1. The van der Waals surface area contributed by atoms with Crippen LogP contribution in [-0.4, -0.2) is 30.2 Å². The second kappa shape index (κ2) is 6.75. The SMILES string of the molecule is CCCC(C)Oc1cncc(N2CCC(N)CC2)c1. The molecule has 1 unspecified atom stereocenters. The summed E-state index contributed by atoms with van der Waals surface area (Å²) in [5, 5.41) is 0. The minimum absolute atomic E-state index is 0.247. The lowest BCUT2D eigenvalue weighted by atomic mass is 10.1. The van der Waals surface area contributed by atoms with Crippen LogP contribution in [-0.2, 0) is 0 Å². The molecule has 4 heteroatoms. The molecule has 0 radical (unpaired) electrons. The number of aromatic nitrogens is 1. The summed E-state index contributed by atoms with van der Waals surface area (Å²) >= 11 is 0. The molecule has 2 N–H and O–H groups in total. The summed E-state index contributed by atoms with van der Waals surface area (Å²) in [6.07, 6.45) is 8.27. The molecule has 1 fully saturated rings. The lowest BCUT2D eigenvalue weighted by molar-refractivity contribution is 0.209. The summed E-state index contributed by atoms with van der Waals surface area (Å²) in [5.74, 6) is 0.869. The standard InChI is InChI=1S/C15H25N3O/c1-3-4-12(2)19-15-9-14(10-17-11-15)18-7-5-13(16)6-8-18/h9-13H,3-8,16H2,1-2H3. The molecule has 0 saturated carbocycles. The van der Waals surface area contributed by atoms with Gasteiger partial charge in [-0.3, -0.25) is 4.98 Å². The quantitative estimate of drug-likeness (QED) is 0.887. The molecule has 1 aliphatic rings. The third-order valence-electron chi connectivity index (χ3n) is 3.64. The van der Waals surface area contributed by atoms with Crippen molar-refractivity contribution in [3.8, 4) is 5.75 Å². The predicted molar refractivity (Wildman–Crippen MR) is 78.7 cm³/mol. The first-order chi connectivity index (χ1) is 9.19. The number of rotatable bonds is 5. The van der Waals surface area contributed by atoms with Crippen LogP contribution in [0.4, 0.5) is 5.69 Å². The van der Waals surface area contributed by atoms with Gasteiger partial charge in [-0.1, -0.05) is 13.3 Å². The molecule has 0 spiro atoms. The first kappa shape index (κ1) is 14.1. The van der Waals surface area contributed by atoms with Crippen molar-refractivity contribution < 1.29 is 4.74 Å².